The van der Waals surface area contributed by atoms with Crippen molar-refractivity contribution in [3.63, 3.8) is 0 Å². The molecule has 1 aromatic heterocycles. The summed E-state index contributed by atoms with van der Waals surface area (Å²) < 4.78 is 25.6. The van der Waals surface area contributed by atoms with Crippen LogP contribution in [0.25, 0.3) is 0 Å². The van der Waals surface area contributed by atoms with E-state index in [0.717, 1.165) is 16.7 Å². The number of sulfonamides is 1. The van der Waals surface area contributed by atoms with E-state index in [1.165, 1.54) is 9.18 Å². The molecule has 0 unspecified atom stereocenters. The van der Waals surface area contributed by atoms with Crippen LogP contribution < -0.4 is 0 Å². The van der Waals surface area contributed by atoms with Crippen LogP contribution in [0.4, 0.5) is 0 Å². The highest BCUT2D eigenvalue weighted by atomic mass is 32.2. The van der Waals surface area contributed by atoms with Crippen LogP contribution in [0.15, 0.2) is 42.5 Å². The van der Waals surface area contributed by atoms with Crippen LogP contribution in [-0.4, -0.2) is 42.4 Å². The van der Waals surface area contributed by atoms with E-state index in [9.17, 15) is 13.2 Å². The normalized spacial score (nSPS) is 12.9. The molecule has 1 atom stereocenters. The number of hydrogen-bond acceptors (Lipinski definition) is 4. The van der Waals surface area contributed by atoms with Crippen LogP contribution in [0.3, 0.4) is 0 Å². The Hall–Kier alpha value is -1.70. The van der Waals surface area contributed by atoms with Crippen molar-refractivity contribution in [1.29, 1.82) is 0 Å². The predicted molar refractivity (Wildman–Crippen MR) is 111 cm³/mol. The fraction of sp³-hybridized carbons (Fsp3) is 0.450. The molecule has 0 radical (unpaired) electrons. The zero-order valence-electron chi connectivity index (χ0n) is 16.4. The van der Waals surface area contributed by atoms with Crippen LogP contribution in [0.1, 0.15) is 35.6 Å². The molecule has 7 heteroatoms. The number of benzene rings is 1. The Morgan fingerprint density at radius 3 is 2.30 bits per heavy atom. The third-order valence-corrected chi connectivity index (χ3v) is 6.84. The highest BCUT2D eigenvalue weighted by Gasteiger charge is 2.27. The van der Waals surface area contributed by atoms with Gasteiger partial charge >= 0.3 is 0 Å². The Morgan fingerprint density at radius 2 is 1.78 bits per heavy atom. The van der Waals surface area contributed by atoms with Gasteiger partial charge in [-0.3, -0.25) is 4.79 Å². The first-order valence-corrected chi connectivity index (χ1v) is 11.7. The Bertz CT molecular complexity index is 847. The van der Waals surface area contributed by atoms with Gasteiger partial charge in [-0.2, -0.15) is 4.31 Å². The lowest BCUT2D eigenvalue weighted by Crippen LogP contribution is -2.45. The number of rotatable bonds is 9. The molecule has 0 N–H and O–H groups in total. The smallest absolute Gasteiger partial charge is 0.238 e. The van der Waals surface area contributed by atoms with E-state index >= 15 is 0 Å². The molecule has 148 valence electrons. The number of hydrogen-bond donors (Lipinski definition) is 0. The van der Waals surface area contributed by atoms with Crippen molar-refractivity contribution in [1.82, 2.24) is 9.21 Å². The minimum Gasteiger partial charge on any atom is -0.332 e. The lowest BCUT2D eigenvalue weighted by atomic mass is 10.2. The molecule has 27 heavy (non-hydrogen) atoms. The quantitative estimate of drug-likeness (QED) is 0.636. The van der Waals surface area contributed by atoms with Gasteiger partial charge in [0.1, 0.15) is 0 Å². The van der Waals surface area contributed by atoms with Gasteiger partial charge in [-0.1, -0.05) is 37.3 Å². The second-order valence-electron chi connectivity index (χ2n) is 6.81. The van der Waals surface area contributed by atoms with Gasteiger partial charge in [-0.25, -0.2) is 8.42 Å². The zero-order chi connectivity index (χ0) is 20.0. The molecule has 0 aliphatic heterocycles. The van der Waals surface area contributed by atoms with Crippen molar-refractivity contribution in [3.8, 4) is 0 Å². The van der Waals surface area contributed by atoms with Crippen molar-refractivity contribution < 1.29 is 13.2 Å². The summed E-state index contributed by atoms with van der Waals surface area (Å²) in [5.41, 5.74) is 1.02. The summed E-state index contributed by atoms with van der Waals surface area (Å²) in [6.07, 6.45) is 1.82. The lowest BCUT2D eigenvalue weighted by molar-refractivity contribution is -0.133. The third kappa shape index (κ3) is 6.45. The van der Waals surface area contributed by atoms with Gasteiger partial charge in [0.2, 0.25) is 15.9 Å². The highest BCUT2D eigenvalue weighted by Crippen LogP contribution is 2.19. The topological polar surface area (TPSA) is 57.7 Å². The van der Waals surface area contributed by atoms with Gasteiger partial charge < -0.3 is 4.90 Å². The number of aryl methyl sites for hydroxylation is 1. The standard InChI is InChI=1S/C20H28N2O3S2/c1-5-16(2)22(27(4,24)25)15-20(23)21(13-18-9-7-6-8-10-18)14-19-12-11-17(3)26-19/h6-12,16H,5,13-15H2,1-4H3/t16-/m1/s1. The fourth-order valence-electron chi connectivity index (χ4n) is 2.83. The van der Waals surface area contributed by atoms with Crippen molar-refractivity contribution in [3.05, 3.63) is 57.8 Å². The Kier molecular flexibility index (Phi) is 7.59. The molecule has 0 saturated heterocycles. The van der Waals surface area contributed by atoms with Crippen LogP contribution in [0.2, 0.25) is 0 Å². The molecule has 2 aromatic rings. The molecule has 5 nitrogen and oxygen atoms in total. The SMILES string of the molecule is CC[C@@H](C)N(CC(=O)N(Cc1ccccc1)Cc1ccc(C)s1)S(C)(=O)=O. The Balaban J connectivity index is 2.23. The van der Waals surface area contributed by atoms with E-state index in [4.69, 9.17) is 0 Å². The van der Waals surface area contributed by atoms with Crippen molar-refractivity contribution >= 4 is 27.3 Å². The maximum absolute atomic E-state index is 13.1. The summed E-state index contributed by atoms with van der Waals surface area (Å²) >= 11 is 1.65. The Morgan fingerprint density at radius 1 is 1.11 bits per heavy atom. The maximum atomic E-state index is 13.1. The molecule has 0 aliphatic rings. The van der Waals surface area contributed by atoms with Crippen molar-refractivity contribution in [2.75, 3.05) is 12.8 Å². The molecule has 0 spiro atoms. The van der Waals surface area contributed by atoms with Gasteiger partial charge in [0.15, 0.2) is 0 Å². The van der Waals surface area contributed by atoms with Crippen LogP contribution in [0, 0.1) is 6.92 Å². The van der Waals surface area contributed by atoms with Crippen LogP contribution in [-0.2, 0) is 27.9 Å². The molecule has 0 aliphatic carbocycles. The highest BCUT2D eigenvalue weighted by molar-refractivity contribution is 7.88. The van der Waals surface area contributed by atoms with Crippen molar-refractivity contribution in [2.45, 2.75) is 46.3 Å². The van der Waals surface area contributed by atoms with E-state index in [0.29, 0.717) is 19.5 Å². The van der Waals surface area contributed by atoms with Gasteiger partial charge in [0, 0.05) is 22.3 Å². The van der Waals surface area contributed by atoms with Crippen molar-refractivity contribution in [2.24, 2.45) is 0 Å². The second kappa shape index (κ2) is 9.48. The molecule has 0 bridgehead atoms. The van der Waals surface area contributed by atoms with E-state index in [-0.39, 0.29) is 18.5 Å². The molecule has 1 heterocycles. The van der Waals surface area contributed by atoms with E-state index in [2.05, 4.69) is 0 Å². The summed E-state index contributed by atoms with van der Waals surface area (Å²) in [4.78, 5) is 17.1. The number of thiophene rings is 1. The molecular formula is C20H28N2O3S2. The third-order valence-electron chi connectivity index (χ3n) is 4.51. The summed E-state index contributed by atoms with van der Waals surface area (Å²) in [6, 6.07) is 13.6. The molecule has 0 fully saturated rings. The number of carbonyl (C=O) groups excluding carboxylic acids is 1. The molecule has 0 saturated carbocycles. The van der Waals surface area contributed by atoms with E-state index in [1.54, 1.807) is 16.2 Å². The minimum absolute atomic E-state index is 0.134. The molecular weight excluding hydrogens is 380 g/mol. The second-order valence-corrected chi connectivity index (χ2v) is 10.1. The van der Waals surface area contributed by atoms with Gasteiger partial charge in [-0.05, 0) is 38.0 Å². The fourth-order valence-corrected chi connectivity index (χ4v) is 4.89. The van der Waals surface area contributed by atoms with Gasteiger partial charge in [0.25, 0.3) is 0 Å². The molecule has 1 amide bonds. The summed E-state index contributed by atoms with van der Waals surface area (Å²) in [5.74, 6) is -0.185. The largest absolute Gasteiger partial charge is 0.332 e. The lowest BCUT2D eigenvalue weighted by Gasteiger charge is -2.29. The van der Waals surface area contributed by atoms with Crippen LogP contribution in [0.5, 0.6) is 0 Å². The maximum Gasteiger partial charge on any atom is 0.238 e. The zero-order valence-corrected chi connectivity index (χ0v) is 18.0. The average molecular weight is 409 g/mol. The van der Waals surface area contributed by atoms with Crippen LogP contribution >= 0.6 is 11.3 Å². The monoisotopic (exact) mass is 408 g/mol. The van der Waals surface area contributed by atoms with Gasteiger partial charge in [-0.15, -0.1) is 11.3 Å². The first-order valence-electron chi connectivity index (χ1n) is 9.04. The molecule has 2 rings (SSSR count). The van der Waals surface area contributed by atoms with Gasteiger partial charge in [0.05, 0.1) is 19.3 Å². The van der Waals surface area contributed by atoms with E-state index in [1.807, 2.05) is 63.2 Å². The first-order chi connectivity index (χ1) is 12.7. The summed E-state index contributed by atoms with van der Waals surface area (Å²) in [7, 11) is -3.46. The Labute approximate surface area is 166 Å². The summed E-state index contributed by atoms with van der Waals surface area (Å²) in [6.45, 7) is 6.58. The molecule has 1 aromatic carbocycles. The average Bonchev–Trinajstić information content (AvgIpc) is 3.03. The van der Waals surface area contributed by atoms with E-state index < -0.39 is 10.0 Å². The number of amides is 1. The number of nitrogens with zero attached hydrogens (tertiary/aromatic N) is 2. The minimum atomic E-state index is -3.46. The number of carbonyl (C=O) groups is 1. The first kappa shape index (κ1) is 21.6. The predicted octanol–water partition coefficient (Wildman–Crippen LogP) is 3.65. The summed E-state index contributed by atoms with van der Waals surface area (Å²) in [5, 5.41) is 0.